The molecular weight excluding hydrogens is 398 g/mol. The number of benzene rings is 1. The second-order valence-electron chi connectivity index (χ2n) is 7.76. The summed E-state index contributed by atoms with van der Waals surface area (Å²) in [6.07, 6.45) is 1.56. The molecule has 0 saturated carbocycles. The topological polar surface area (TPSA) is 88.1 Å². The number of methoxy groups -OCH3 is 1. The molecule has 2 fully saturated rings. The van der Waals surface area contributed by atoms with Crippen LogP contribution in [-0.2, 0) is 4.79 Å². The van der Waals surface area contributed by atoms with Crippen LogP contribution in [0.15, 0.2) is 36.4 Å². The molecular formula is C22H27N5O4. The normalized spacial score (nSPS) is 19.0. The smallest absolute Gasteiger partial charge is 0.325 e. The van der Waals surface area contributed by atoms with E-state index in [1.165, 1.54) is 0 Å². The molecule has 31 heavy (non-hydrogen) atoms. The van der Waals surface area contributed by atoms with Crippen LogP contribution in [0.1, 0.15) is 18.5 Å². The summed E-state index contributed by atoms with van der Waals surface area (Å²) in [6, 6.07) is 10.9. The van der Waals surface area contributed by atoms with E-state index in [1.807, 2.05) is 37.3 Å². The van der Waals surface area contributed by atoms with E-state index in [4.69, 9.17) is 9.47 Å². The van der Waals surface area contributed by atoms with E-state index in [-0.39, 0.29) is 24.6 Å². The highest BCUT2D eigenvalue weighted by Crippen LogP contribution is 2.30. The number of carbonyl (C=O) groups is 2. The Labute approximate surface area is 181 Å². The van der Waals surface area contributed by atoms with E-state index in [9.17, 15) is 9.59 Å². The fourth-order valence-corrected chi connectivity index (χ4v) is 3.95. The molecule has 1 aromatic carbocycles. The molecule has 9 nitrogen and oxygen atoms in total. The zero-order valence-electron chi connectivity index (χ0n) is 17.9. The molecule has 0 spiro atoms. The fraction of sp³-hybridized carbons (Fsp3) is 0.455. The van der Waals surface area contributed by atoms with E-state index in [2.05, 4.69) is 10.2 Å². The summed E-state index contributed by atoms with van der Waals surface area (Å²) in [6.45, 7) is 4.08. The number of para-hydroxylation sites is 2. The number of anilines is 1. The summed E-state index contributed by atoms with van der Waals surface area (Å²) < 4.78 is 11.3. The maximum Gasteiger partial charge on any atom is 0.325 e. The van der Waals surface area contributed by atoms with Crippen LogP contribution in [0, 0.1) is 6.92 Å². The number of aromatic nitrogens is 2. The molecule has 2 aromatic rings. The Balaban J connectivity index is 1.34. The van der Waals surface area contributed by atoms with Gasteiger partial charge in [0.2, 0.25) is 11.8 Å². The first-order chi connectivity index (χ1) is 15.0. The van der Waals surface area contributed by atoms with E-state index in [1.54, 1.807) is 27.9 Å². The Morgan fingerprint density at radius 2 is 1.97 bits per heavy atom. The van der Waals surface area contributed by atoms with E-state index >= 15 is 0 Å². The number of urea groups is 1. The fourth-order valence-electron chi connectivity index (χ4n) is 3.95. The monoisotopic (exact) mass is 425 g/mol. The zero-order valence-corrected chi connectivity index (χ0v) is 17.9. The molecule has 1 atom stereocenters. The van der Waals surface area contributed by atoms with Gasteiger partial charge in [0.1, 0.15) is 18.4 Å². The highest BCUT2D eigenvalue weighted by molar-refractivity contribution is 5.97. The van der Waals surface area contributed by atoms with Gasteiger partial charge in [0.15, 0.2) is 0 Å². The molecule has 164 valence electrons. The highest BCUT2D eigenvalue weighted by Gasteiger charge is 2.34. The van der Waals surface area contributed by atoms with Gasteiger partial charge in [0, 0.05) is 25.7 Å². The van der Waals surface area contributed by atoms with Crippen LogP contribution in [0.4, 0.5) is 10.5 Å². The molecule has 0 N–H and O–H groups in total. The second kappa shape index (κ2) is 9.20. The minimum atomic E-state index is -0.183. The lowest BCUT2D eigenvalue weighted by Gasteiger charge is -2.33. The Morgan fingerprint density at radius 1 is 1.13 bits per heavy atom. The molecule has 2 aliphatic heterocycles. The van der Waals surface area contributed by atoms with Gasteiger partial charge in [-0.15, -0.1) is 5.10 Å². The number of carbonyl (C=O) groups excluding carboxylic acids is 2. The van der Waals surface area contributed by atoms with Gasteiger partial charge in [0.05, 0.1) is 25.0 Å². The molecule has 0 bridgehead atoms. The van der Waals surface area contributed by atoms with Gasteiger partial charge in [0.25, 0.3) is 0 Å². The third-order valence-corrected chi connectivity index (χ3v) is 5.59. The first kappa shape index (κ1) is 20.9. The van der Waals surface area contributed by atoms with Crippen molar-refractivity contribution >= 4 is 17.6 Å². The van der Waals surface area contributed by atoms with Gasteiger partial charge in [-0.05, 0) is 38.0 Å². The van der Waals surface area contributed by atoms with E-state index < -0.39 is 0 Å². The van der Waals surface area contributed by atoms with Crippen LogP contribution < -0.4 is 14.4 Å². The van der Waals surface area contributed by atoms with Crippen molar-refractivity contribution in [1.29, 1.82) is 0 Å². The molecule has 3 heterocycles. The van der Waals surface area contributed by atoms with Crippen molar-refractivity contribution < 1.29 is 19.1 Å². The molecule has 1 aromatic heterocycles. The van der Waals surface area contributed by atoms with Crippen molar-refractivity contribution in [2.75, 3.05) is 44.7 Å². The molecule has 9 heteroatoms. The van der Waals surface area contributed by atoms with Crippen molar-refractivity contribution in [3.05, 3.63) is 42.1 Å². The summed E-state index contributed by atoms with van der Waals surface area (Å²) in [5, 5.41) is 8.05. The van der Waals surface area contributed by atoms with Gasteiger partial charge < -0.3 is 19.3 Å². The first-order valence-electron chi connectivity index (χ1n) is 10.5. The largest absolute Gasteiger partial charge is 0.495 e. The van der Waals surface area contributed by atoms with Gasteiger partial charge in [-0.25, -0.2) is 4.79 Å². The molecule has 0 radical (unpaired) electrons. The third kappa shape index (κ3) is 4.70. The summed E-state index contributed by atoms with van der Waals surface area (Å²) in [4.78, 5) is 30.8. The van der Waals surface area contributed by atoms with Crippen molar-refractivity contribution in [2.24, 2.45) is 0 Å². The number of amides is 3. The van der Waals surface area contributed by atoms with Crippen LogP contribution in [0.3, 0.4) is 0 Å². The predicted octanol–water partition coefficient (Wildman–Crippen LogP) is 2.11. The minimum absolute atomic E-state index is 0.0571. The van der Waals surface area contributed by atoms with Crippen molar-refractivity contribution in [3.63, 3.8) is 0 Å². The number of ether oxygens (including phenoxy) is 2. The SMILES string of the molecule is COc1ccccc1N1CCN(CC(=O)N2CCCC(Oc3ccc(C)nn3)C2)C1=O. The average molecular weight is 425 g/mol. The Bertz CT molecular complexity index is 936. The van der Waals surface area contributed by atoms with Crippen molar-refractivity contribution in [2.45, 2.75) is 25.9 Å². The van der Waals surface area contributed by atoms with Gasteiger partial charge in [-0.3, -0.25) is 9.69 Å². The summed E-state index contributed by atoms with van der Waals surface area (Å²) in [5.74, 6) is 1.03. The Morgan fingerprint density at radius 3 is 2.74 bits per heavy atom. The quantitative estimate of drug-likeness (QED) is 0.704. The molecule has 2 saturated heterocycles. The second-order valence-corrected chi connectivity index (χ2v) is 7.76. The first-order valence-corrected chi connectivity index (χ1v) is 10.5. The maximum absolute atomic E-state index is 12.9. The predicted molar refractivity (Wildman–Crippen MR) is 114 cm³/mol. The number of rotatable bonds is 6. The van der Waals surface area contributed by atoms with E-state index in [0.717, 1.165) is 24.2 Å². The summed E-state index contributed by atoms with van der Waals surface area (Å²) in [5.41, 5.74) is 1.54. The number of piperidine rings is 1. The molecule has 2 aliphatic rings. The lowest BCUT2D eigenvalue weighted by atomic mass is 10.1. The number of hydrogen-bond acceptors (Lipinski definition) is 6. The minimum Gasteiger partial charge on any atom is -0.495 e. The van der Waals surface area contributed by atoms with Crippen LogP contribution in [0.2, 0.25) is 0 Å². The molecule has 1 unspecified atom stereocenters. The van der Waals surface area contributed by atoms with Crippen molar-refractivity contribution in [1.82, 2.24) is 20.0 Å². The van der Waals surface area contributed by atoms with Gasteiger partial charge in [-0.1, -0.05) is 12.1 Å². The standard InChI is InChI=1S/C22H27N5O4/c1-16-9-10-20(24-23-16)31-17-6-5-11-25(14-17)21(28)15-26-12-13-27(22(26)29)18-7-3-4-8-19(18)30-2/h3-4,7-10,17H,5-6,11-15H2,1-2H3. The molecule has 0 aliphatic carbocycles. The molecule has 4 rings (SSSR count). The molecule has 3 amide bonds. The lowest BCUT2D eigenvalue weighted by Crippen LogP contribution is -2.48. The Kier molecular flexibility index (Phi) is 6.20. The van der Waals surface area contributed by atoms with Crippen molar-refractivity contribution in [3.8, 4) is 11.6 Å². The number of aryl methyl sites for hydroxylation is 1. The lowest BCUT2D eigenvalue weighted by molar-refractivity contribution is -0.134. The summed E-state index contributed by atoms with van der Waals surface area (Å²) >= 11 is 0. The third-order valence-electron chi connectivity index (χ3n) is 5.59. The average Bonchev–Trinajstić information content (AvgIpc) is 3.15. The van der Waals surface area contributed by atoms with Crippen LogP contribution in [0.25, 0.3) is 0 Å². The van der Waals surface area contributed by atoms with Crippen LogP contribution in [0.5, 0.6) is 11.6 Å². The van der Waals surface area contributed by atoms with Gasteiger partial charge >= 0.3 is 6.03 Å². The number of nitrogens with zero attached hydrogens (tertiary/aromatic N) is 5. The van der Waals surface area contributed by atoms with Gasteiger partial charge in [-0.2, -0.15) is 5.10 Å². The number of hydrogen-bond donors (Lipinski definition) is 0. The maximum atomic E-state index is 12.9. The van der Waals surface area contributed by atoms with E-state index in [0.29, 0.717) is 37.8 Å². The Hall–Kier alpha value is -3.36. The number of likely N-dealkylation sites (tertiary alicyclic amines) is 1. The zero-order chi connectivity index (χ0) is 21.8. The van der Waals surface area contributed by atoms with Crippen LogP contribution in [-0.4, -0.2) is 77.9 Å². The van der Waals surface area contributed by atoms with Crippen LogP contribution >= 0.6 is 0 Å². The highest BCUT2D eigenvalue weighted by atomic mass is 16.5. The summed E-state index contributed by atoms with van der Waals surface area (Å²) in [7, 11) is 1.58.